The molecule has 2 heteroatoms. The number of hydrogen-bond donors (Lipinski definition) is 1. The molecule has 0 heterocycles. The molecule has 1 unspecified atom stereocenters. The molecule has 0 aromatic heterocycles. The molecule has 1 aliphatic rings. The van der Waals surface area contributed by atoms with Crippen LogP contribution in [0.2, 0.25) is 0 Å². The zero-order valence-corrected chi connectivity index (χ0v) is 11.3. The van der Waals surface area contributed by atoms with E-state index in [1.165, 1.54) is 38.5 Å². The van der Waals surface area contributed by atoms with E-state index in [9.17, 15) is 0 Å². The van der Waals surface area contributed by atoms with Crippen LogP contribution in [0.3, 0.4) is 0 Å². The molecule has 16 heavy (non-hydrogen) atoms. The van der Waals surface area contributed by atoms with Crippen LogP contribution < -0.4 is 5.73 Å². The molecule has 2 N–H and O–H groups in total. The highest BCUT2D eigenvalue weighted by molar-refractivity contribution is 4.79. The van der Waals surface area contributed by atoms with E-state index in [-0.39, 0.29) is 5.60 Å². The van der Waals surface area contributed by atoms with Crippen molar-refractivity contribution in [2.75, 3.05) is 7.11 Å². The maximum absolute atomic E-state index is 6.32. The van der Waals surface area contributed by atoms with Crippen LogP contribution in [0.1, 0.15) is 65.2 Å². The van der Waals surface area contributed by atoms with Gasteiger partial charge in [-0.1, -0.05) is 25.7 Å². The fourth-order valence-corrected chi connectivity index (χ4v) is 2.59. The average Bonchev–Trinajstić information content (AvgIpc) is 2.54. The third-order valence-electron chi connectivity index (χ3n) is 4.14. The predicted octanol–water partition coefficient (Wildman–Crippen LogP) is 3.49. The van der Waals surface area contributed by atoms with E-state index < -0.39 is 0 Å². The summed E-state index contributed by atoms with van der Waals surface area (Å²) in [4.78, 5) is 0. The maximum atomic E-state index is 6.32. The summed E-state index contributed by atoms with van der Waals surface area (Å²) in [5.74, 6) is 0.759. The molecule has 0 aromatic carbocycles. The Morgan fingerprint density at radius 3 is 2.25 bits per heavy atom. The van der Waals surface area contributed by atoms with Crippen molar-refractivity contribution in [3.63, 3.8) is 0 Å². The molecule has 2 nitrogen and oxygen atoms in total. The van der Waals surface area contributed by atoms with Crippen molar-refractivity contribution >= 4 is 0 Å². The fourth-order valence-electron chi connectivity index (χ4n) is 2.59. The minimum Gasteiger partial charge on any atom is -0.379 e. The molecule has 1 fully saturated rings. The van der Waals surface area contributed by atoms with Crippen molar-refractivity contribution in [3.8, 4) is 0 Å². The lowest BCUT2D eigenvalue weighted by Crippen LogP contribution is -2.33. The van der Waals surface area contributed by atoms with Crippen molar-refractivity contribution in [1.82, 2.24) is 0 Å². The van der Waals surface area contributed by atoms with Gasteiger partial charge in [0.25, 0.3) is 0 Å². The van der Waals surface area contributed by atoms with Crippen molar-refractivity contribution in [2.45, 2.75) is 76.9 Å². The Morgan fingerprint density at radius 1 is 1.19 bits per heavy atom. The van der Waals surface area contributed by atoms with Crippen LogP contribution in [0, 0.1) is 5.92 Å². The van der Waals surface area contributed by atoms with Gasteiger partial charge in [-0.3, -0.25) is 0 Å². The second-order valence-electron chi connectivity index (χ2n) is 5.92. The molecule has 1 saturated carbocycles. The Kier molecular flexibility index (Phi) is 5.77. The van der Waals surface area contributed by atoms with E-state index in [2.05, 4.69) is 13.8 Å². The first-order valence-electron chi connectivity index (χ1n) is 6.86. The molecule has 0 saturated heterocycles. The Bertz CT molecular complexity index is 183. The van der Waals surface area contributed by atoms with Gasteiger partial charge >= 0.3 is 0 Å². The van der Waals surface area contributed by atoms with E-state index in [1.54, 1.807) is 7.11 Å². The first-order chi connectivity index (χ1) is 7.55. The van der Waals surface area contributed by atoms with Gasteiger partial charge in [-0.2, -0.15) is 0 Å². The van der Waals surface area contributed by atoms with Crippen LogP contribution in [-0.4, -0.2) is 18.8 Å². The third-order valence-corrected chi connectivity index (χ3v) is 4.14. The zero-order valence-electron chi connectivity index (χ0n) is 11.3. The quantitative estimate of drug-likeness (QED) is 0.730. The van der Waals surface area contributed by atoms with E-state index >= 15 is 0 Å². The minimum absolute atomic E-state index is 0.0116. The molecular formula is C14H29NO. The van der Waals surface area contributed by atoms with Crippen molar-refractivity contribution in [2.24, 2.45) is 11.7 Å². The van der Waals surface area contributed by atoms with Gasteiger partial charge in [0.15, 0.2) is 0 Å². The predicted molar refractivity (Wildman–Crippen MR) is 69.5 cm³/mol. The highest BCUT2D eigenvalue weighted by Gasteiger charge is 2.23. The van der Waals surface area contributed by atoms with Crippen LogP contribution in [-0.2, 0) is 4.74 Å². The fraction of sp³-hybridized carbons (Fsp3) is 1.00. The van der Waals surface area contributed by atoms with Crippen LogP contribution in [0.15, 0.2) is 0 Å². The summed E-state index contributed by atoms with van der Waals surface area (Å²) in [5.41, 5.74) is 6.31. The van der Waals surface area contributed by atoms with Gasteiger partial charge in [0, 0.05) is 13.2 Å². The van der Waals surface area contributed by atoms with Crippen molar-refractivity contribution < 1.29 is 4.74 Å². The van der Waals surface area contributed by atoms with Gasteiger partial charge in [-0.25, -0.2) is 0 Å². The van der Waals surface area contributed by atoms with Crippen LogP contribution in [0.4, 0.5) is 0 Å². The van der Waals surface area contributed by atoms with E-state index in [0.717, 1.165) is 18.8 Å². The molecule has 96 valence electrons. The molecule has 0 spiro atoms. The smallest absolute Gasteiger partial charge is 0.0623 e. The number of rotatable bonds is 5. The SMILES string of the molecule is COC(C)(C)CCC(N)C1CCCCCC1. The highest BCUT2D eigenvalue weighted by atomic mass is 16.5. The van der Waals surface area contributed by atoms with Crippen LogP contribution in [0.25, 0.3) is 0 Å². The number of methoxy groups -OCH3 is 1. The molecule has 1 rings (SSSR count). The van der Waals surface area contributed by atoms with Crippen LogP contribution in [0.5, 0.6) is 0 Å². The molecular weight excluding hydrogens is 198 g/mol. The van der Waals surface area contributed by atoms with Crippen LogP contribution >= 0.6 is 0 Å². The number of nitrogens with two attached hydrogens (primary N) is 1. The largest absolute Gasteiger partial charge is 0.379 e. The number of ether oxygens (including phenoxy) is 1. The van der Waals surface area contributed by atoms with Gasteiger partial charge in [0.1, 0.15) is 0 Å². The summed E-state index contributed by atoms with van der Waals surface area (Å²) in [6.45, 7) is 4.29. The molecule has 0 bridgehead atoms. The first-order valence-corrected chi connectivity index (χ1v) is 6.86. The Balaban J connectivity index is 2.30. The Morgan fingerprint density at radius 2 is 1.75 bits per heavy atom. The standard InChI is InChI=1S/C14H29NO/c1-14(2,16-3)11-10-13(15)12-8-6-4-5-7-9-12/h12-13H,4-11,15H2,1-3H3. The highest BCUT2D eigenvalue weighted by Crippen LogP contribution is 2.28. The average molecular weight is 227 g/mol. The van der Waals surface area contributed by atoms with Gasteiger partial charge < -0.3 is 10.5 Å². The summed E-state index contributed by atoms with van der Waals surface area (Å²) < 4.78 is 5.44. The summed E-state index contributed by atoms with van der Waals surface area (Å²) in [6.07, 6.45) is 10.4. The topological polar surface area (TPSA) is 35.2 Å². The summed E-state index contributed by atoms with van der Waals surface area (Å²) in [7, 11) is 1.79. The Labute approximate surface area is 101 Å². The summed E-state index contributed by atoms with van der Waals surface area (Å²) in [6, 6.07) is 0.382. The second-order valence-corrected chi connectivity index (χ2v) is 5.92. The third kappa shape index (κ3) is 4.84. The second kappa shape index (κ2) is 6.61. The normalized spacial score (nSPS) is 21.8. The van der Waals surface area contributed by atoms with Gasteiger partial charge in [0.05, 0.1) is 5.60 Å². The minimum atomic E-state index is -0.0116. The van der Waals surface area contributed by atoms with Gasteiger partial charge in [-0.15, -0.1) is 0 Å². The van der Waals surface area contributed by atoms with E-state index in [4.69, 9.17) is 10.5 Å². The summed E-state index contributed by atoms with van der Waals surface area (Å²) in [5, 5.41) is 0. The molecule has 1 atom stereocenters. The van der Waals surface area contributed by atoms with E-state index in [1.807, 2.05) is 0 Å². The monoisotopic (exact) mass is 227 g/mol. The molecule has 0 radical (unpaired) electrons. The lowest BCUT2D eigenvalue weighted by atomic mass is 9.87. The van der Waals surface area contributed by atoms with Crippen molar-refractivity contribution in [1.29, 1.82) is 0 Å². The lowest BCUT2D eigenvalue weighted by Gasteiger charge is -2.28. The molecule has 0 amide bonds. The van der Waals surface area contributed by atoms with Crippen molar-refractivity contribution in [3.05, 3.63) is 0 Å². The molecule has 0 aromatic rings. The Hall–Kier alpha value is -0.0800. The maximum Gasteiger partial charge on any atom is 0.0623 e. The lowest BCUT2D eigenvalue weighted by molar-refractivity contribution is 0.0111. The van der Waals surface area contributed by atoms with Gasteiger partial charge in [0.2, 0.25) is 0 Å². The zero-order chi connectivity index (χ0) is 12.0. The summed E-state index contributed by atoms with van der Waals surface area (Å²) >= 11 is 0. The molecule has 1 aliphatic carbocycles. The van der Waals surface area contributed by atoms with Gasteiger partial charge in [-0.05, 0) is 45.4 Å². The number of hydrogen-bond acceptors (Lipinski definition) is 2. The first kappa shape index (κ1) is 14.0. The van der Waals surface area contributed by atoms with E-state index in [0.29, 0.717) is 6.04 Å². The molecule has 0 aliphatic heterocycles.